The molecule has 224 valence electrons. The molecule has 0 atom stereocenters. The van der Waals surface area contributed by atoms with Crippen LogP contribution in [-0.4, -0.2) is 60.0 Å². The van der Waals surface area contributed by atoms with E-state index in [9.17, 15) is 18.3 Å². The quantitative estimate of drug-likeness (QED) is 0.181. The van der Waals surface area contributed by atoms with Gasteiger partial charge in [-0.2, -0.15) is 0 Å². The Bertz CT molecular complexity index is 1580. The van der Waals surface area contributed by atoms with Crippen molar-refractivity contribution >= 4 is 44.1 Å². The monoisotopic (exact) mass is 593 g/mol. The molecule has 3 aromatic rings. The Balaban J connectivity index is 1.68. The molecule has 3 aromatic carbocycles. The first-order valence-electron chi connectivity index (χ1n) is 14.1. The molecular formula is C31H39N5O5S. The van der Waals surface area contributed by atoms with Gasteiger partial charge in [0.15, 0.2) is 4.75 Å². The van der Waals surface area contributed by atoms with Gasteiger partial charge < -0.3 is 20.5 Å². The third-order valence-corrected chi connectivity index (χ3v) is 10.9. The fourth-order valence-corrected chi connectivity index (χ4v) is 7.56. The Morgan fingerprint density at radius 1 is 1.02 bits per heavy atom. The number of hydrogen-bond acceptors (Lipinski definition) is 6. The Kier molecular flexibility index (Phi) is 9.10. The van der Waals surface area contributed by atoms with Gasteiger partial charge in [0.1, 0.15) is 17.7 Å². The van der Waals surface area contributed by atoms with Crippen LogP contribution in [-0.2, 0) is 21.4 Å². The van der Waals surface area contributed by atoms with Crippen LogP contribution in [0.25, 0.3) is 10.8 Å². The molecule has 0 aromatic heterocycles. The topological polar surface area (TPSA) is 161 Å². The average Bonchev–Trinajstić information content (AvgIpc) is 2.96. The van der Waals surface area contributed by atoms with E-state index in [4.69, 9.17) is 21.3 Å². The second-order valence-corrected chi connectivity index (χ2v) is 12.9. The number of nitrogens with one attached hydrogen (secondary N) is 2. The van der Waals surface area contributed by atoms with Gasteiger partial charge in [-0.15, -0.1) is 0 Å². The Hall–Kier alpha value is -4.12. The third-order valence-electron chi connectivity index (χ3n) is 8.20. The van der Waals surface area contributed by atoms with Gasteiger partial charge in [0.25, 0.3) is 10.0 Å². The van der Waals surface area contributed by atoms with E-state index in [2.05, 4.69) is 0 Å². The minimum atomic E-state index is -4.39. The van der Waals surface area contributed by atoms with E-state index in [1.54, 1.807) is 57.2 Å². The lowest BCUT2D eigenvalue weighted by Crippen LogP contribution is -2.53. The molecule has 1 fully saturated rings. The van der Waals surface area contributed by atoms with Gasteiger partial charge in [-0.25, -0.2) is 8.42 Å². The fourth-order valence-electron chi connectivity index (χ4n) is 5.47. The maximum absolute atomic E-state index is 14.2. The minimum Gasteiger partial charge on any atom is -0.490 e. The summed E-state index contributed by atoms with van der Waals surface area (Å²) in [4.78, 5) is 14.5. The highest BCUT2D eigenvalue weighted by molar-refractivity contribution is 7.94. The maximum Gasteiger partial charge on any atom is 0.326 e. The van der Waals surface area contributed by atoms with Gasteiger partial charge in [0, 0.05) is 31.5 Å². The highest BCUT2D eigenvalue weighted by Crippen LogP contribution is 2.35. The molecule has 0 amide bonds. The van der Waals surface area contributed by atoms with Crippen LogP contribution in [0, 0.1) is 10.8 Å². The number of ether oxygens (including phenoxy) is 1. The number of hydrogen-bond donors (Lipinski definition) is 4. The lowest BCUT2D eigenvalue weighted by molar-refractivity contribution is -0.140. The fraction of sp³-hybridized carbons (Fsp3) is 0.387. The summed E-state index contributed by atoms with van der Waals surface area (Å²) >= 11 is 0. The van der Waals surface area contributed by atoms with E-state index in [-0.39, 0.29) is 31.3 Å². The number of amidine groups is 2. The summed E-state index contributed by atoms with van der Waals surface area (Å²) in [5, 5.41) is 27.4. The number of piperidine rings is 1. The van der Waals surface area contributed by atoms with Crippen molar-refractivity contribution < 1.29 is 23.1 Å². The molecule has 10 nitrogen and oxygen atoms in total. The van der Waals surface area contributed by atoms with E-state index < -0.39 is 20.7 Å². The number of benzene rings is 3. The number of carboxylic acid groups (broad SMARTS) is 1. The molecule has 1 heterocycles. The molecule has 0 spiro atoms. The zero-order chi connectivity index (χ0) is 30.7. The van der Waals surface area contributed by atoms with Gasteiger partial charge in [0.2, 0.25) is 0 Å². The SMILES string of the molecule is CCC(CC)(C(=O)O)S(=O)(=O)N(Cc1ccc2ccc(C(=N)N)cc2c1)c1ccc(OC2CCN(C(C)=N)CC2)cc1. The largest absolute Gasteiger partial charge is 0.490 e. The second-order valence-electron chi connectivity index (χ2n) is 10.7. The van der Waals surface area contributed by atoms with Crippen LogP contribution in [0.2, 0.25) is 0 Å². The number of fused-ring (bicyclic) bond motifs is 1. The Morgan fingerprint density at radius 3 is 2.19 bits per heavy atom. The van der Waals surface area contributed by atoms with Crippen molar-refractivity contribution in [3.8, 4) is 5.75 Å². The molecule has 0 unspecified atom stereocenters. The maximum atomic E-state index is 14.2. The van der Waals surface area contributed by atoms with Crippen LogP contribution >= 0.6 is 0 Å². The van der Waals surface area contributed by atoms with Crippen LogP contribution in [0.1, 0.15) is 57.6 Å². The summed E-state index contributed by atoms with van der Waals surface area (Å²) in [5.74, 6) is -0.310. The molecule has 0 radical (unpaired) electrons. The van der Waals surface area contributed by atoms with Crippen LogP contribution in [0.4, 0.5) is 5.69 Å². The highest BCUT2D eigenvalue weighted by atomic mass is 32.2. The number of nitrogens with zero attached hydrogens (tertiary/aromatic N) is 2. The van der Waals surface area contributed by atoms with Crippen LogP contribution in [0.5, 0.6) is 5.75 Å². The molecule has 1 saturated heterocycles. The first kappa shape index (κ1) is 30.8. The summed E-state index contributed by atoms with van der Waals surface area (Å²) in [6, 6.07) is 17.6. The van der Waals surface area contributed by atoms with E-state index in [1.807, 2.05) is 29.2 Å². The molecule has 0 bridgehead atoms. The van der Waals surface area contributed by atoms with E-state index >= 15 is 0 Å². The first-order valence-corrected chi connectivity index (χ1v) is 15.6. The number of sulfonamides is 1. The molecule has 5 N–H and O–H groups in total. The molecule has 4 rings (SSSR count). The van der Waals surface area contributed by atoms with Crippen LogP contribution in [0.15, 0.2) is 60.7 Å². The highest BCUT2D eigenvalue weighted by Gasteiger charge is 2.51. The molecule has 42 heavy (non-hydrogen) atoms. The smallest absolute Gasteiger partial charge is 0.326 e. The van der Waals surface area contributed by atoms with E-state index in [1.165, 1.54) is 4.31 Å². The van der Waals surface area contributed by atoms with Gasteiger partial charge in [-0.05, 0) is 72.5 Å². The van der Waals surface area contributed by atoms with Gasteiger partial charge >= 0.3 is 5.97 Å². The molecule has 0 aliphatic carbocycles. The molecule has 1 aliphatic heterocycles. The lowest BCUT2D eigenvalue weighted by atomic mass is 10.0. The van der Waals surface area contributed by atoms with Crippen LogP contribution < -0.4 is 14.8 Å². The number of anilines is 1. The number of nitrogen functional groups attached to an aromatic ring is 1. The van der Waals surface area contributed by atoms with Crippen LogP contribution in [0.3, 0.4) is 0 Å². The molecule has 0 saturated carbocycles. The summed E-state index contributed by atoms with van der Waals surface area (Å²) in [6.07, 6.45) is 1.36. The zero-order valence-electron chi connectivity index (χ0n) is 24.3. The number of nitrogens with two attached hydrogens (primary N) is 1. The lowest BCUT2D eigenvalue weighted by Gasteiger charge is -2.35. The summed E-state index contributed by atoms with van der Waals surface area (Å²) < 4.78 is 33.7. The van der Waals surface area contributed by atoms with Crippen molar-refractivity contribution in [2.75, 3.05) is 17.4 Å². The standard InChI is InChI=1S/C31H39N5O5S/c1-4-31(5-2,30(37)38)42(39,40)36(20-22-6-7-23-8-9-24(29(33)34)19-25(23)18-22)26-10-12-27(13-11-26)41-28-14-16-35(17-15-28)21(3)32/h6-13,18-19,28,32H,4-5,14-17,20H2,1-3H3,(H3,33,34)(H,37,38). The Labute approximate surface area is 247 Å². The van der Waals surface area contributed by atoms with Crippen molar-refractivity contribution in [1.29, 1.82) is 10.8 Å². The second kappa shape index (κ2) is 12.4. The number of aliphatic carboxylic acids is 1. The van der Waals surface area contributed by atoms with Gasteiger partial charge in [0.05, 0.1) is 18.1 Å². The zero-order valence-corrected chi connectivity index (χ0v) is 25.1. The van der Waals surface area contributed by atoms with E-state index in [0.29, 0.717) is 28.4 Å². The predicted octanol–water partition coefficient (Wildman–Crippen LogP) is 4.94. The van der Waals surface area contributed by atoms with Gasteiger partial charge in [-0.3, -0.25) is 19.9 Å². The van der Waals surface area contributed by atoms with E-state index in [0.717, 1.165) is 36.7 Å². The summed E-state index contributed by atoms with van der Waals surface area (Å²) in [7, 11) is -4.39. The summed E-state index contributed by atoms with van der Waals surface area (Å²) in [6.45, 7) is 6.34. The molecular weight excluding hydrogens is 554 g/mol. The van der Waals surface area contributed by atoms with Crippen molar-refractivity contribution in [3.05, 3.63) is 71.8 Å². The number of carbonyl (C=O) groups is 1. The van der Waals surface area contributed by atoms with Crippen molar-refractivity contribution in [1.82, 2.24) is 4.90 Å². The average molecular weight is 594 g/mol. The first-order chi connectivity index (χ1) is 19.9. The van der Waals surface area contributed by atoms with Gasteiger partial charge in [-0.1, -0.05) is 38.1 Å². The minimum absolute atomic E-state index is 0.0105. The van der Waals surface area contributed by atoms with Crippen molar-refractivity contribution in [2.45, 2.75) is 63.9 Å². The number of likely N-dealkylation sites (tertiary alicyclic amines) is 1. The molecule has 11 heteroatoms. The normalized spacial score (nSPS) is 14.5. The Morgan fingerprint density at radius 2 is 1.64 bits per heavy atom. The predicted molar refractivity (Wildman–Crippen MR) is 166 cm³/mol. The van der Waals surface area contributed by atoms with Crippen molar-refractivity contribution in [3.63, 3.8) is 0 Å². The third kappa shape index (κ3) is 6.06. The number of carboxylic acids is 1. The number of rotatable bonds is 11. The summed E-state index contributed by atoms with van der Waals surface area (Å²) in [5.41, 5.74) is 7.22. The van der Waals surface area contributed by atoms with Crippen molar-refractivity contribution in [2.24, 2.45) is 5.73 Å². The molecule has 1 aliphatic rings.